The smallest absolute Gasteiger partial charge is 0.161 e. The molecule has 3 atom stereocenters. The fourth-order valence-electron chi connectivity index (χ4n) is 2.28. The van der Waals surface area contributed by atoms with E-state index in [-0.39, 0.29) is 11.7 Å². The van der Waals surface area contributed by atoms with Gasteiger partial charge in [0, 0.05) is 0 Å². The van der Waals surface area contributed by atoms with Gasteiger partial charge < -0.3 is 5.11 Å². The summed E-state index contributed by atoms with van der Waals surface area (Å²) in [4.78, 5) is 11.4. The lowest BCUT2D eigenvalue weighted by Crippen LogP contribution is -2.48. The predicted molar refractivity (Wildman–Crippen MR) is 56.9 cm³/mol. The third-order valence-electron chi connectivity index (χ3n) is 3.63. The van der Waals surface area contributed by atoms with Gasteiger partial charge >= 0.3 is 0 Å². The van der Waals surface area contributed by atoms with Crippen molar-refractivity contribution in [1.29, 1.82) is 0 Å². The minimum atomic E-state index is -1.11. The molecule has 2 heteroatoms. The molecule has 0 aromatic heterocycles. The van der Waals surface area contributed by atoms with Crippen molar-refractivity contribution < 1.29 is 9.90 Å². The van der Waals surface area contributed by atoms with E-state index in [0.29, 0.717) is 12.3 Å². The first-order chi connectivity index (χ1) is 6.38. The summed E-state index contributed by atoms with van der Waals surface area (Å²) in [5, 5.41) is 10.2. The Morgan fingerprint density at radius 2 is 2.00 bits per heavy atom. The molecule has 1 rings (SSSR count). The summed E-state index contributed by atoms with van der Waals surface area (Å²) in [6.07, 6.45) is 2.51. The normalized spacial score (nSPS) is 38.0. The van der Waals surface area contributed by atoms with Crippen LogP contribution < -0.4 is 0 Å². The van der Waals surface area contributed by atoms with Gasteiger partial charge in [0.15, 0.2) is 5.78 Å². The Bertz CT molecular complexity index is 257. The Labute approximate surface area is 86.0 Å². The van der Waals surface area contributed by atoms with Gasteiger partial charge in [-0.25, -0.2) is 0 Å². The topological polar surface area (TPSA) is 37.3 Å². The SMILES string of the molecule is C=C(C)[C@@H]1CC[C@@H](C)[C@](O)(C(C)=O)C1. The van der Waals surface area contributed by atoms with E-state index in [1.54, 1.807) is 0 Å². The third kappa shape index (κ3) is 1.90. The molecule has 1 fully saturated rings. The minimum absolute atomic E-state index is 0.0793. The number of allylic oxidation sites excluding steroid dienone is 1. The highest BCUT2D eigenvalue weighted by Crippen LogP contribution is 2.40. The predicted octanol–water partition coefficient (Wildman–Crippen LogP) is 2.32. The van der Waals surface area contributed by atoms with Crippen molar-refractivity contribution in [2.75, 3.05) is 0 Å². The standard InChI is InChI=1S/C12H20O2/c1-8(2)11-6-5-9(3)12(14,7-11)10(4)13/h9,11,14H,1,5-7H2,2-4H3/t9-,11-,12+/m1/s1. The van der Waals surface area contributed by atoms with Gasteiger partial charge in [-0.3, -0.25) is 4.79 Å². The lowest BCUT2D eigenvalue weighted by molar-refractivity contribution is -0.146. The van der Waals surface area contributed by atoms with Crippen molar-refractivity contribution in [3.05, 3.63) is 12.2 Å². The van der Waals surface area contributed by atoms with Crippen LogP contribution in [0, 0.1) is 11.8 Å². The molecular weight excluding hydrogens is 176 g/mol. The molecule has 80 valence electrons. The fourth-order valence-corrected chi connectivity index (χ4v) is 2.28. The van der Waals surface area contributed by atoms with Gasteiger partial charge in [-0.2, -0.15) is 0 Å². The Morgan fingerprint density at radius 1 is 1.43 bits per heavy atom. The average Bonchev–Trinajstić information content (AvgIpc) is 2.09. The summed E-state index contributed by atoms with van der Waals surface area (Å²) in [5.74, 6) is 0.284. The van der Waals surface area contributed by atoms with Crippen molar-refractivity contribution in [2.24, 2.45) is 11.8 Å². The zero-order valence-electron chi connectivity index (χ0n) is 9.34. The number of hydrogen-bond donors (Lipinski definition) is 1. The highest BCUT2D eigenvalue weighted by atomic mass is 16.3. The molecule has 1 aliphatic carbocycles. The number of Topliss-reactive ketones (excluding diaryl/α,β-unsaturated/α-hetero) is 1. The van der Waals surface area contributed by atoms with Gasteiger partial charge in [-0.05, 0) is 44.9 Å². The zero-order valence-corrected chi connectivity index (χ0v) is 9.34. The third-order valence-corrected chi connectivity index (χ3v) is 3.63. The molecule has 0 unspecified atom stereocenters. The number of carbonyl (C=O) groups excluding carboxylic acids is 1. The van der Waals surface area contributed by atoms with Crippen molar-refractivity contribution in [1.82, 2.24) is 0 Å². The van der Waals surface area contributed by atoms with Crippen molar-refractivity contribution in [3.8, 4) is 0 Å². The van der Waals surface area contributed by atoms with E-state index in [1.165, 1.54) is 6.92 Å². The molecule has 0 saturated heterocycles. The summed E-state index contributed by atoms with van der Waals surface area (Å²) in [6, 6.07) is 0. The molecule has 14 heavy (non-hydrogen) atoms. The largest absolute Gasteiger partial charge is 0.382 e. The Balaban J connectivity index is 2.83. The number of ketones is 1. The summed E-state index contributed by atoms with van der Waals surface area (Å²) in [6.45, 7) is 9.32. The second kappa shape index (κ2) is 3.85. The van der Waals surface area contributed by atoms with Gasteiger partial charge in [0.2, 0.25) is 0 Å². The van der Waals surface area contributed by atoms with Crippen molar-refractivity contribution in [3.63, 3.8) is 0 Å². The van der Waals surface area contributed by atoms with Crippen LogP contribution in [0.3, 0.4) is 0 Å². The molecule has 0 bridgehead atoms. The van der Waals surface area contributed by atoms with Gasteiger partial charge in [0.05, 0.1) is 0 Å². The van der Waals surface area contributed by atoms with Crippen LogP contribution in [-0.4, -0.2) is 16.5 Å². The van der Waals surface area contributed by atoms with Crippen molar-refractivity contribution >= 4 is 5.78 Å². The van der Waals surface area contributed by atoms with E-state index in [0.717, 1.165) is 18.4 Å². The molecule has 0 aromatic rings. The quantitative estimate of drug-likeness (QED) is 0.688. The highest BCUT2D eigenvalue weighted by Gasteiger charge is 2.43. The Hall–Kier alpha value is -0.630. The molecule has 0 heterocycles. The lowest BCUT2D eigenvalue weighted by Gasteiger charge is -2.40. The van der Waals surface area contributed by atoms with Gasteiger partial charge in [0.25, 0.3) is 0 Å². The molecule has 0 radical (unpaired) electrons. The van der Waals surface area contributed by atoms with E-state index in [2.05, 4.69) is 6.58 Å². The van der Waals surface area contributed by atoms with Crippen LogP contribution in [0.1, 0.15) is 40.0 Å². The first-order valence-corrected chi connectivity index (χ1v) is 5.26. The van der Waals surface area contributed by atoms with E-state index >= 15 is 0 Å². The van der Waals surface area contributed by atoms with Crippen LogP contribution in [0.15, 0.2) is 12.2 Å². The zero-order chi connectivity index (χ0) is 10.9. The average molecular weight is 196 g/mol. The maximum Gasteiger partial charge on any atom is 0.161 e. The molecule has 0 aliphatic heterocycles. The van der Waals surface area contributed by atoms with Crippen LogP contribution in [0.2, 0.25) is 0 Å². The monoisotopic (exact) mass is 196 g/mol. The summed E-state index contributed by atoms with van der Waals surface area (Å²) in [7, 11) is 0. The summed E-state index contributed by atoms with van der Waals surface area (Å²) in [5.41, 5.74) is -0.0291. The van der Waals surface area contributed by atoms with Crippen LogP contribution in [0.5, 0.6) is 0 Å². The van der Waals surface area contributed by atoms with Crippen LogP contribution in [0.4, 0.5) is 0 Å². The fraction of sp³-hybridized carbons (Fsp3) is 0.750. The van der Waals surface area contributed by atoms with E-state index in [4.69, 9.17) is 0 Å². The molecular formula is C12H20O2. The summed E-state index contributed by atoms with van der Waals surface area (Å²) < 4.78 is 0. The molecule has 0 aromatic carbocycles. The lowest BCUT2D eigenvalue weighted by atomic mass is 9.68. The maximum atomic E-state index is 11.4. The van der Waals surface area contributed by atoms with Crippen LogP contribution >= 0.6 is 0 Å². The van der Waals surface area contributed by atoms with Gasteiger partial charge in [-0.15, -0.1) is 0 Å². The van der Waals surface area contributed by atoms with Crippen LogP contribution in [0.25, 0.3) is 0 Å². The highest BCUT2D eigenvalue weighted by molar-refractivity contribution is 5.85. The minimum Gasteiger partial charge on any atom is -0.382 e. The first kappa shape index (κ1) is 11.4. The second-order valence-corrected chi connectivity index (χ2v) is 4.71. The van der Waals surface area contributed by atoms with Gasteiger partial charge in [-0.1, -0.05) is 19.1 Å². The van der Waals surface area contributed by atoms with Crippen LogP contribution in [-0.2, 0) is 4.79 Å². The molecule has 1 saturated carbocycles. The number of rotatable bonds is 2. The van der Waals surface area contributed by atoms with E-state index < -0.39 is 5.60 Å². The van der Waals surface area contributed by atoms with Gasteiger partial charge in [0.1, 0.15) is 5.60 Å². The molecule has 1 aliphatic rings. The van der Waals surface area contributed by atoms with E-state index in [9.17, 15) is 9.90 Å². The number of carbonyl (C=O) groups is 1. The van der Waals surface area contributed by atoms with E-state index in [1.807, 2.05) is 13.8 Å². The molecule has 0 spiro atoms. The maximum absolute atomic E-state index is 11.4. The number of aliphatic hydroxyl groups is 1. The van der Waals surface area contributed by atoms with Crippen molar-refractivity contribution in [2.45, 2.75) is 45.6 Å². The number of hydrogen-bond acceptors (Lipinski definition) is 2. The Morgan fingerprint density at radius 3 is 2.43 bits per heavy atom. The molecule has 1 N–H and O–H groups in total. The molecule has 2 nitrogen and oxygen atoms in total. The second-order valence-electron chi connectivity index (χ2n) is 4.71. The summed E-state index contributed by atoms with van der Waals surface area (Å²) >= 11 is 0. The Kier molecular flexibility index (Phi) is 3.15. The first-order valence-electron chi connectivity index (χ1n) is 5.26. The molecule has 0 amide bonds.